The second-order valence-corrected chi connectivity index (χ2v) is 4.23. The molecule has 4 nitrogen and oxygen atoms in total. The summed E-state index contributed by atoms with van der Waals surface area (Å²) < 4.78 is 0. The lowest BCUT2D eigenvalue weighted by Crippen LogP contribution is -2.53. The Kier molecular flexibility index (Phi) is 3.89. The van der Waals surface area contributed by atoms with Gasteiger partial charge in [0.15, 0.2) is 0 Å². The molecule has 0 aromatic carbocycles. The van der Waals surface area contributed by atoms with Gasteiger partial charge in [0.05, 0.1) is 12.6 Å². The molecule has 0 radical (unpaired) electrons. The number of amides is 1. The summed E-state index contributed by atoms with van der Waals surface area (Å²) in [5.74, 6) is 0.175. The first kappa shape index (κ1) is 11.5. The Balaban J connectivity index is 2.38. The van der Waals surface area contributed by atoms with Gasteiger partial charge in [0.25, 0.3) is 0 Å². The van der Waals surface area contributed by atoms with Crippen molar-refractivity contribution in [1.29, 1.82) is 0 Å². The molecule has 1 aliphatic heterocycles. The van der Waals surface area contributed by atoms with Crippen molar-refractivity contribution in [2.45, 2.75) is 32.4 Å². The number of carbonyl (C=O) groups excluding carboxylic acids is 1. The van der Waals surface area contributed by atoms with Gasteiger partial charge in [-0.2, -0.15) is 0 Å². The van der Waals surface area contributed by atoms with E-state index in [1.54, 1.807) is 11.8 Å². The van der Waals surface area contributed by atoms with Gasteiger partial charge in [0.2, 0.25) is 5.91 Å². The Labute approximate surface area is 85.5 Å². The maximum atomic E-state index is 11.5. The predicted octanol–water partition coefficient (Wildman–Crippen LogP) is -0.0802. The van der Waals surface area contributed by atoms with Crippen LogP contribution in [-0.4, -0.2) is 59.6 Å². The SMILES string of the molecule is CC(O)CCN1CC(=O)N(C)C(C)C1. The fourth-order valence-electron chi connectivity index (χ4n) is 1.65. The van der Waals surface area contributed by atoms with Crippen molar-refractivity contribution in [2.24, 2.45) is 0 Å². The molecule has 0 aromatic heterocycles. The number of nitrogens with zero attached hydrogens (tertiary/aromatic N) is 2. The summed E-state index contributed by atoms with van der Waals surface area (Å²) in [5, 5.41) is 9.14. The molecule has 1 heterocycles. The van der Waals surface area contributed by atoms with Crippen molar-refractivity contribution in [3.63, 3.8) is 0 Å². The highest BCUT2D eigenvalue weighted by Crippen LogP contribution is 2.09. The van der Waals surface area contributed by atoms with Gasteiger partial charge in [-0.1, -0.05) is 0 Å². The van der Waals surface area contributed by atoms with Crippen molar-refractivity contribution in [3.05, 3.63) is 0 Å². The average molecular weight is 200 g/mol. The van der Waals surface area contributed by atoms with E-state index >= 15 is 0 Å². The number of piperazine rings is 1. The first-order valence-corrected chi connectivity index (χ1v) is 5.16. The van der Waals surface area contributed by atoms with Crippen LogP contribution in [-0.2, 0) is 4.79 Å². The summed E-state index contributed by atoms with van der Waals surface area (Å²) in [6, 6.07) is 0.283. The Bertz CT molecular complexity index is 206. The van der Waals surface area contributed by atoms with Crippen LogP contribution in [0.25, 0.3) is 0 Å². The first-order chi connectivity index (χ1) is 6.50. The van der Waals surface area contributed by atoms with Gasteiger partial charge in [-0.3, -0.25) is 9.69 Å². The van der Waals surface area contributed by atoms with Gasteiger partial charge in [-0.25, -0.2) is 0 Å². The van der Waals surface area contributed by atoms with Gasteiger partial charge in [-0.15, -0.1) is 0 Å². The Hall–Kier alpha value is -0.610. The van der Waals surface area contributed by atoms with Crippen LogP contribution in [0.15, 0.2) is 0 Å². The Morgan fingerprint density at radius 3 is 2.79 bits per heavy atom. The van der Waals surface area contributed by atoms with Crippen LogP contribution in [0, 0.1) is 0 Å². The molecule has 2 unspecified atom stereocenters. The molecular formula is C10H20N2O2. The highest BCUT2D eigenvalue weighted by Gasteiger charge is 2.26. The third-order valence-corrected chi connectivity index (χ3v) is 2.80. The van der Waals surface area contributed by atoms with E-state index in [0.717, 1.165) is 19.5 Å². The van der Waals surface area contributed by atoms with Gasteiger partial charge in [0, 0.05) is 26.2 Å². The van der Waals surface area contributed by atoms with Crippen LogP contribution in [0.2, 0.25) is 0 Å². The van der Waals surface area contributed by atoms with Gasteiger partial charge in [-0.05, 0) is 20.3 Å². The molecule has 0 saturated carbocycles. The van der Waals surface area contributed by atoms with Crippen molar-refractivity contribution in [2.75, 3.05) is 26.7 Å². The fraction of sp³-hybridized carbons (Fsp3) is 0.900. The number of aliphatic hydroxyl groups is 1. The molecule has 1 N–H and O–H groups in total. The number of rotatable bonds is 3. The molecule has 14 heavy (non-hydrogen) atoms. The van der Waals surface area contributed by atoms with Crippen LogP contribution in [0.3, 0.4) is 0 Å². The van der Waals surface area contributed by atoms with E-state index in [1.807, 2.05) is 14.0 Å². The largest absolute Gasteiger partial charge is 0.393 e. The molecule has 1 rings (SSSR count). The van der Waals surface area contributed by atoms with E-state index in [9.17, 15) is 4.79 Å². The molecule has 0 spiro atoms. The van der Waals surface area contributed by atoms with E-state index in [1.165, 1.54) is 0 Å². The lowest BCUT2D eigenvalue weighted by atomic mass is 10.2. The van der Waals surface area contributed by atoms with E-state index in [2.05, 4.69) is 4.90 Å². The van der Waals surface area contributed by atoms with Crippen molar-refractivity contribution >= 4 is 5.91 Å². The topological polar surface area (TPSA) is 43.8 Å². The molecular weight excluding hydrogens is 180 g/mol. The summed E-state index contributed by atoms with van der Waals surface area (Å²) >= 11 is 0. The summed E-state index contributed by atoms with van der Waals surface area (Å²) in [6.07, 6.45) is 0.462. The molecule has 0 aliphatic carbocycles. The number of hydrogen-bond acceptors (Lipinski definition) is 3. The zero-order valence-electron chi connectivity index (χ0n) is 9.23. The fourth-order valence-corrected chi connectivity index (χ4v) is 1.65. The minimum Gasteiger partial charge on any atom is -0.393 e. The lowest BCUT2D eigenvalue weighted by molar-refractivity contribution is -0.137. The third-order valence-electron chi connectivity index (χ3n) is 2.80. The van der Waals surface area contributed by atoms with E-state index < -0.39 is 0 Å². The highest BCUT2D eigenvalue weighted by molar-refractivity contribution is 5.79. The van der Waals surface area contributed by atoms with E-state index in [4.69, 9.17) is 5.11 Å². The molecule has 0 bridgehead atoms. The molecule has 1 fully saturated rings. The maximum Gasteiger partial charge on any atom is 0.236 e. The monoisotopic (exact) mass is 200 g/mol. The third kappa shape index (κ3) is 2.96. The number of aliphatic hydroxyl groups excluding tert-OH is 1. The number of likely N-dealkylation sites (N-methyl/N-ethyl adjacent to an activating group) is 1. The maximum absolute atomic E-state index is 11.5. The Morgan fingerprint density at radius 2 is 2.29 bits per heavy atom. The Morgan fingerprint density at radius 1 is 1.64 bits per heavy atom. The second-order valence-electron chi connectivity index (χ2n) is 4.23. The molecule has 0 aromatic rings. The lowest BCUT2D eigenvalue weighted by Gasteiger charge is -2.37. The second kappa shape index (κ2) is 4.75. The van der Waals surface area contributed by atoms with Crippen LogP contribution >= 0.6 is 0 Å². The van der Waals surface area contributed by atoms with Crippen molar-refractivity contribution < 1.29 is 9.90 Å². The standard InChI is InChI=1S/C10H20N2O2/c1-8-6-12(5-4-9(2)13)7-10(14)11(8)3/h8-9,13H,4-7H2,1-3H3. The molecule has 1 saturated heterocycles. The van der Waals surface area contributed by atoms with E-state index in [0.29, 0.717) is 6.54 Å². The summed E-state index contributed by atoms with van der Waals surface area (Å²) in [7, 11) is 1.85. The first-order valence-electron chi connectivity index (χ1n) is 5.16. The van der Waals surface area contributed by atoms with Gasteiger partial charge < -0.3 is 10.0 Å². The smallest absolute Gasteiger partial charge is 0.236 e. The summed E-state index contributed by atoms with van der Waals surface area (Å²) in [6.45, 7) is 6.04. The van der Waals surface area contributed by atoms with Crippen molar-refractivity contribution in [3.8, 4) is 0 Å². The molecule has 4 heteroatoms. The predicted molar refractivity (Wildman–Crippen MR) is 55.0 cm³/mol. The quantitative estimate of drug-likeness (QED) is 0.693. The minimum absolute atomic E-state index is 0.175. The molecule has 2 atom stereocenters. The van der Waals surface area contributed by atoms with Crippen LogP contribution in [0.1, 0.15) is 20.3 Å². The normalized spacial score (nSPS) is 26.7. The van der Waals surface area contributed by atoms with E-state index in [-0.39, 0.29) is 18.1 Å². The van der Waals surface area contributed by atoms with Gasteiger partial charge in [0.1, 0.15) is 0 Å². The summed E-state index contributed by atoms with van der Waals surface area (Å²) in [5.41, 5.74) is 0. The zero-order chi connectivity index (χ0) is 10.7. The molecule has 1 aliphatic rings. The van der Waals surface area contributed by atoms with Crippen molar-refractivity contribution in [1.82, 2.24) is 9.80 Å². The zero-order valence-corrected chi connectivity index (χ0v) is 9.23. The van der Waals surface area contributed by atoms with Gasteiger partial charge >= 0.3 is 0 Å². The van der Waals surface area contributed by atoms with Crippen LogP contribution < -0.4 is 0 Å². The van der Waals surface area contributed by atoms with Crippen LogP contribution in [0.4, 0.5) is 0 Å². The summed E-state index contributed by atoms with van der Waals surface area (Å²) in [4.78, 5) is 15.4. The van der Waals surface area contributed by atoms with Crippen LogP contribution in [0.5, 0.6) is 0 Å². The number of carbonyl (C=O) groups is 1. The minimum atomic E-state index is -0.278. The molecule has 1 amide bonds. The average Bonchev–Trinajstić information content (AvgIpc) is 2.10. The molecule has 82 valence electrons. The highest BCUT2D eigenvalue weighted by atomic mass is 16.3. The number of hydrogen-bond donors (Lipinski definition) is 1.